The molecule has 0 aromatic carbocycles. The summed E-state index contributed by atoms with van der Waals surface area (Å²) in [7, 11) is 0. The fourth-order valence-electron chi connectivity index (χ4n) is 1.95. The van der Waals surface area contributed by atoms with Crippen LogP contribution in [-0.4, -0.2) is 28.5 Å². The van der Waals surface area contributed by atoms with E-state index in [1.807, 2.05) is 0 Å². The van der Waals surface area contributed by atoms with Gasteiger partial charge in [-0.15, -0.1) is 0 Å². The van der Waals surface area contributed by atoms with Crippen molar-refractivity contribution >= 4 is 29.0 Å². The number of nitro groups is 1. The van der Waals surface area contributed by atoms with Crippen LogP contribution in [0.5, 0.6) is 0 Å². The quantitative estimate of drug-likeness (QED) is 0.521. The van der Waals surface area contributed by atoms with Crippen LogP contribution in [-0.2, 0) is 9.53 Å². The molecule has 2 unspecified atom stereocenters. The molecule has 1 aromatic rings. The molecule has 1 aliphatic heterocycles. The van der Waals surface area contributed by atoms with Gasteiger partial charge in [0.15, 0.2) is 0 Å². The Hall–Kier alpha value is -1.73. The molecule has 0 saturated carbocycles. The van der Waals surface area contributed by atoms with Crippen LogP contribution in [0.1, 0.15) is 13.3 Å². The van der Waals surface area contributed by atoms with Crippen LogP contribution in [0.2, 0.25) is 5.15 Å². The number of amides is 1. The Labute approximate surface area is 114 Å². The zero-order chi connectivity index (χ0) is 14.0. The summed E-state index contributed by atoms with van der Waals surface area (Å²) in [5, 5.41) is 13.4. The Bertz CT molecular complexity index is 523. The number of carbonyl (C=O) groups is 1. The first kappa shape index (κ1) is 13.7. The lowest BCUT2D eigenvalue weighted by Crippen LogP contribution is -2.28. The third kappa shape index (κ3) is 2.99. The molecule has 19 heavy (non-hydrogen) atoms. The van der Waals surface area contributed by atoms with E-state index in [4.69, 9.17) is 16.3 Å². The van der Waals surface area contributed by atoms with Crippen molar-refractivity contribution in [2.24, 2.45) is 5.92 Å². The highest BCUT2D eigenvalue weighted by Crippen LogP contribution is 2.27. The van der Waals surface area contributed by atoms with Crippen LogP contribution < -0.4 is 5.32 Å². The lowest BCUT2D eigenvalue weighted by molar-refractivity contribution is -0.384. The van der Waals surface area contributed by atoms with Gasteiger partial charge in [0.05, 0.1) is 16.9 Å². The number of rotatable bonds is 3. The Balaban J connectivity index is 2.20. The molecule has 2 atom stereocenters. The summed E-state index contributed by atoms with van der Waals surface area (Å²) < 4.78 is 5.28. The van der Waals surface area contributed by atoms with Gasteiger partial charge in [0.1, 0.15) is 5.15 Å². The Kier molecular flexibility index (Phi) is 3.96. The van der Waals surface area contributed by atoms with Crippen molar-refractivity contribution in [1.82, 2.24) is 4.98 Å². The summed E-state index contributed by atoms with van der Waals surface area (Å²) in [6.07, 6.45) is 0.375. The molecule has 7 nitrogen and oxygen atoms in total. The fraction of sp³-hybridized carbons (Fsp3) is 0.455. The number of nitrogens with one attached hydrogen (secondary N) is 1. The SMILES string of the molecule is CC1OCCC1C(=O)Nc1nc(Cl)ccc1[N+](=O)[O-]. The van der Waals surface area contributed by atoms with E-state index in [0.29, 0.717) is 13.0 Å². The largest absolute Gasteiger partial charge is 0.378 e. The lowest BCUT2D eigenvalue weighted by atomic mass is 10.0. The van der Waals surface area contributed by atoms with Crippen molar-refractivity contribution in [3.8, 4) is 0 Å². The van der Waals surface area contributed by atoms with E-state index in [1.54, 1.807) is 6.92 Å². The van der Waals surface area contributed by atoms with Crippen LogP contribution in [0, 0.1) is 16.0 Å². The number of hydrogen-bond acceptors (Lipinski definition) is 5. The van der Waals surface area contributed by atoms with Gasteiger partial charge in [0.25, 0.3) is 0 Å². The number of carbonyl (C=O) groups excluding carboxylic acids is 1. The average molecular weight is 286 g/mol. The zero-order valence-corrected chi connectivity index (χ0v) is 10.9. The topological polar surface area (TPSA) is 94.4 Å². The van der Waals surface area contributed by atoms with E-state index in [-0.39, 0.29) is 34.6 Å². The second-order valence-electron chi connectivity index (χ2n) is 4.22. The van der Waals surface area contributed by atoms with Gasteiger partial charge in [-0.25, -0.2) is 4.98 Å². The van der Waals surface area contributed by atoms with Crippen LogP contribution in [0.4, 0.5) is 11.5 Å². The monoisotopic (exact) mass is 285 g/mol. The van der Waals surface area contributed by atoms with Gasteiger partial charge >= 0.3 is 5.69 Å². The van der Waals surface area contributed by atoms with E-state index in [1.165, 1.54) is 12.1 Å². The molecule has 1 aromatic heterocycles. The first-order valence-corrected chi connectivity index (χ1v) is 6.10. The molecule has 8 heteroatoms. The number of pyridine rings is 1. The summed E-state index contributed by atoms with van der Waals surface area (Å²) in [6.45, 7) is 2.29. The molecule has 1 fully saturated rings. The second kappa shape index (κ2) is 5.50. The van der Waals surface area contributed by atoms with Crippen molar-refractivity contribution < 1.29 is 14.5 Å². The smallest absolute Gasteiger partial charge is 0.311 e. The Morgan fingerprint density at radius 2 is 2.37 bits per heavy atom. The maximum Gasteiger partial charge on any atom is 0.311 e. The minimum atomic E-state index is -0.618. The number of nitrogens with zero attached hydrogens (tertiary/aromatic N) is 2. The first-order chi connectivity index (χ1) is 8.99. The van der Waals surface area contributed by atoms with Gasteiger partial charge in [-0.3, -0.25) is 14.9 Å². The van der Waals surface area contributed by atoms with E-state index in [9.17, 15) is 14.9 Å². The number of anilines is 1. The summed E-state index contributed by atoms with van der Waals surface area (Å²) in [5.41, 5.74) is -0.288. The average Bonchev–Trinajstić information content (AvgIpc) is 2.75. The Morgan fingerprint density at radius 3 is 2.95 bits per heavy atom. The van der Waals surface area contributed by atoms with Crippen LogP contribution >= 0.6 is 11.6 Å². The van der Waals surface area contributed by atoms with Crippen molar-refractivity contribution in [2.75, 3.05) is 11.9 Å². The molecule has 102 valence electrons. The predicted octanol–water partition coefficient (Wildman–Crippen LogP) is 2.01. The van der Waals surface area contributed by atoms with E-state index in [2.05, 4.69) is 10.3 Å². The molecule has 0 bridgehead atoms. The summed E-state index contributed by atoms with van der Waals surface area (Å²) in [5.74, 6) is -0.815. The molecule has 2 heterocycles. The number of halogens is 1. The highest BCUT2D eigenvalue weighted by atomic mass is 35.5. The van der Waals surface area contributed by atoms with Crippen LogP contribution in [0.15, 0.2) is 12.1 Å². The van der Waals surface area contributed by atoms with E-state index in [0.717, 1.165) is 0 Å². The number of aromatic nitrogens is 1. The number of hydrogen-bond donors (Lipinski definition) is 1. The molecule has 0 radical (unpaired) electrons. The molecule has 2 rings (SSSR count). The third-order valence-electron chi connectivity index (χ3n) is 2.99. The minimum absolute atomic E-state index is 0.0802. The van der Waals surface area contributed by atoms with Crippen LogP contribution in [0.25, 0.3) is 0 Å². The fourth-order valence-corrected chi connectivity index (χ4v) is 2.10. The Morgan fingerprint density at radius 1 is 1.63 bits per heavy atom. The van der Waals surface area contributed by atoms with Crippen molar-refractivity contribution in [3.63, 3.8) is 0 Å². The highest BCUT2D eigenvalue weighted by molar-refractivity contribution is 6.29. The van der Waals surface area contributed by atoms with Crippen molar-refractivity contribution in [2.45, 2.75) is 19.4 Å². The first-order valence-electron chi connectivity index (χ1n) is 5.72. The molecular formula is C11H12ClN3O4. The normalized spacial score (nSPS) is 22.2. The maximum atomic E-state index is 12.0. The molecule has 0 spiro atoms. The van der Waals surface area contributed by atoms with Gasteiger partial charge in [0, 0.05) is 12.7 Å². The standard InChI is InChI=1S/C11H12ClN3O4/c1-6-7(4-5-19-6)11(16)14-10-8(15(17)18)2-3-9(12)13-10/h2-3,6-7H,4-5H2,1H3,(H,13,14,16). The third-order valence-corrected chi connectivity index (χ3v) is 3.20. The van der Waals surface area contributed by atoms with Gasteiger partial charge in [-0.2, -0.15) is 0 Å². The molecule has 1 N–H and O–H groups in total. The summed E-state index contributed by atoms with van der Waals surface area (Å²) in [6, 6.07) is 2.51. The van der Waals surface area contributed by atoms with Crippen molar-refractivity contribution in [1.29, 1.82) is 0 Å². The van der Waals surface area contributed by atoms with Gasteiger partial charge in [0.2, 0.25) is 11.7 Å². The minimum Gasteiger partial charge on any atom is -0.378 e. The molecule has 1 saturated heterocycles. The zero-order valence-electron chi connectivity index (χ0n) is 10.1. The van der Waals surface area contributed by atoms with Gasteiger partial charge < -0.3 is 10.1 Å². The second-order valence-corrected chi connectivity index (χ2v) is 4.61. The molecule has 1 amide bonds. The number of ether oxygens (including phenoxy) is 1. The van der Waals surface area contributed by atoms with E-state index >= 15 is 0 Å². The highest BCUT2D eigenvalue weighted by Gasteiger charge is 2.32. The maximum absolute atomic E-state index is 12.0. The predicted molar refractivity (Wildman–Crippen MR) is 68.1 cm³/mol. The van der Waals surface area contributed by atoms with Gasteiger partial charge in [-0.1, -0.05) is 11.6 Å². The molecule has 1 aliphatic rings. The molecular weight excluding hydrogens is 274 g/mol. The summed E-state index contributed by atoms with van der Waals surface area (Å²) >= 11 is 5.68. The van der Waals surface area contributed by atoms with Gasteiger partial charge in [-0.05, 0) is 19.4 Å². The van der Waals surface area contributed by atoms with E-state index < -0.39 is 4.92 Å². The summed E-state index contributed by atoms with van der Waals surface area (Å²) in [4.78, 5) is 26.0. The van der Waals surface area contributed by atoms with Crippen molar-refractivity contribution in [3.05, 3.63) is 27.4 Å². The molecule has 0 aliphatic carbocycles. The van der Waals surface area contributed by atoms with Crippen LogP contribution in [0.3, 0.4) is 0 Å². The lowest BCUT2D eigenvalue weighted by Gasteiger charge is -2.13.